The maximum Gasteiger partial charge on any atom is 0.256 e. The minimum absolute atomic E-state index is 0.187. The van der Waals surface area contributed by atoms with Crippen molar-refractivity contribution in [2.75, 3.05) is 25.5 Å². The smallest absolute Gasteiger partial charge is 0.256 e. The summed E-state index contributed by atoms with van der Waals surface area (Å²) >= 11 is 5.07. The SMILES string of the molecule is COc1ccc(Br)c(C(=O)Nc2ccc(C3=CSC4=NCCN34)cc2)c1. The van der Waals surface area contributed by atoms with Crippen LogP contribution in [0.15, 0.2) is 57.3 Å². The van der Waals surface area contributed by atoms with Crippen LogP contribution < -0.4 is 10.1 Å². The van der Waals surface area contributed by atoms with Gasteiger partial charge in [-0.25, -0.2) is 0 Å². The molecular weight excluding hydrogens is 414 g/mol. The van der Waals surface area contributed by atoms with E-state index in [9.17, 15) is 4.79 Å². The molecule has 2 aromatic carbocycles. The lowest BCUT2D eigenvalue weighted by Gasteiger charge is -2.17. The van der Waals surface area contributed by atoms with Crippen LogP contribution in [-0.4, -0.2) is 36.2 Å². The fraction of sp³-hybridized carbons (Fsp3) is 0.158. The number of amidine groups is 1. The molecule has 0 atom stereocenters. The van der Waals surface area contributed by atoms with E-state index >= 15 is 0 Å². The van der Waals surface area contributed by atoms with Gasteiger partial charge in [0.25, 0.3) is 5.91 Å². The van der Waals surface area contributed by atoms with E-state index in [0.717, 1.165) is 34.0 Å². The number of thioether (sulfide) groups is 1. The topological polar surface area (TPSA) is 53.9 Å². The number of rotatable bonds is 4. The summed E-state index contributed by atoms with van der Waals surface area (Å²) in [5, 5.41) is 6.12. The van der Waals surface area contributed by atoms with Crippen molar-refractivity contribution >= 4 is 50.2 Å². The van der Waals surface area contributed by atoms with Crippen LogP contribution in [0.3, 0.4) is 0 Å². The highest BCUT2D eigenvalue weighted by molar-refractivity contribution is 9.10. The van der Waals surface area contributed by atoms with E-state index in [-0.39, 0.29) is 5.91 Å². The first-order valence-corrected chi connectivity index (χ1v) is 9.77. The molecule has 2 aliphatic heterocycles. The average molecular weight is 430 g/mol. The number of nitrogens with zero attached hydrogens (tertiary/aromatic N) is 2. The number of aliphatic imine (C=N–C) groups is 1. The van der Waals surface area contributed by atoms with Crippen LogP contribution in [-0.2, 0) is 0 Å². The largest absolute Gasteiger partial charge is 0.497 e. The molecule has 1 N–H and O–H groups in total. The van der Waals surface area contributed by atoms with Crippen molar-refractivity contribution in [2.24, 2.45) is 4.99 Å². The van der Waals surface area contributed by atoms with Crippen molar-refractivity contribution in [3.63, 3.8) is 0 Å². The Balaban J connectivity index is 1.50. The second-order valence-corrected chi connectivity index (χ2v) is 7.51. The summed E-state index contributed by atoms with van der Waals surface area (Å²) in [5.74, 6) is 0.454. The normalized spacial score (nSPS) is 15.4. The molecule has 2 aromatic rings. The number of halogens is 1. The van der Waals surface area contributed by atoms with Crippen LogP contribution in [0.25, 0.3) is 5.70 Å². The molecule has 2 aliphatic rings. The number of hydrogen-bond acceptors (Lipinski definition) is 5. The summed E-state index contributed by atoms with van der Waals surface area (Å²) in [6, 6.07) is 13.2. The van der Waals surface area contributed by atoms with E-state index < -0.39 is 0 Å². The third-order valence-corrected chi connectivity index (χ3v) is 5.82. The maximum atomic E-state index is 12.6. The molecule has 0 fully saturated rings. The summed E-state index contributed by atoms with van der Waals surface area (Å²) in [7, 11) is 1.58. The Kier molecular flexibility index (Phi) is 4.74. The van der Waals surface area contributed by atoms with Gasteiger partial charge >= 0.3 is 0 Å². The van der Waals surface area contributed by atoms with Crippen LogP contribution in [0.2, 0.25) is 0 Å². The van der Waals surface area contributed by atoms with E-state index in [4.69, 9.17) is 4.74 Å². The highest BCUT2D eigenvalue weighted by Gasteiger charge is 2.26. The second kappa shape index (κ2) is 7.17. The van der Waals surface area contributed by atoms with Gasteiger partial charge in [0.15, 0.2) is 5.17 Å². The number of amides is 1. The Labute approximate surface area is 164 Å². The number of anilines is 1. The molecule has 5 nitrogen and oxygen atoms in total. The number of nitrogens with one attached hydrogen (secondary N) is 1. The van der Waals surface area contributed by atoms with E-state index in [0.29, 0.717) is 11.3 Å². The highest BCUT2D eigenvalue weighted by atomic mass is 79.9. The van der Waals surface area contributed by atoms with Gasteiger partial charge in [-0.1, -0.05) is 23.9 Å². The molecule has 26 heavy (non-hydrogen) atoms. The maximum absolute atomic E-state index is 12.6. The van der Waals surface area contributed by atoms with Crippen molar-refractivity contribution in [1.82, 2.24) is 4.90 Å². The number of methoxy groups -OCH3 is 1. The van der Waals surface area contributed by atoms with Crippen molar-refractivity contribution in [1.29, 1.82) is 0 Å². The minimum Gasteiger partial charge on any atom is -0.497 e. The lowest BCUT2D eigenvalue weighted by molar-refractivity contribution is 0.102. The van der Waals surface area contributed by atoms with Gasteiger partial charge < -0.3 is 15.0 Å². The van der Waals surface area contributed by atoms with E-state index in [1.807, 2.05) is 24.3 Å². The predicted octanol–water partition coefficient (Wildman–Crippen LogP) is 4.43. The second-order valence-electron chi connectivity index (χ2n) is 5.81. The molecule has 0 saturated carbocycles. The van der Waals surface area contributed by atoms with Crippen LogP contribution >= 0.6 is 27.7 Å². The molecule has 132 valence electrons. The zero-order chi connectivity index (χ0) is 18.1. The fourth-order valence-corrected chi connectivity index (χ4v) is 4.26. The Morgan fingerprint density at radius 3 is 2.85 bits per heavy atom. The zero-order valence-electron chi connectivity index (χ0n) is 14.0. The van der Waals surface area contributed by atoms with Crippen molar-refractivity contribution in [3.05, 3.63) is 63.5 Å². The molecule has 0 bridgehead atoms. The minimum atomic E-state index is -0.187. The Morgan fingerprint density at radius 1 is 1.27 bits per heavy atom. The number of fused-ring (bicyclic) bond motifs is 1. The van der Waals surface area contributed by atoms with Crippen molar-refractivity contribution < 1.29 is 9.53 Å². The molecule has 0 aliphatic carbocycles. The molecule has 4 rings (SSSR count). The fourth-order valence-electron chi connectivity index (χ4n) is 2.88. The van der Waals surface area contributed by atoms with Gasteiger partial charge in [0, 0.05) is 22.1 Å². The monoisotopic (exact) mass is 429 g/mol. The van der Waals surface area contributed by atoms with Crippen molar-refractivity contribution in [2.45, 2.75) is 0 Å². The summed E-state index contributed by atoms with van der Waals surface area (Å²) in [5.41, 5.74) is 3.56. The van der Waals surface area contributed by atoms with Gasteiger partial charge in [-0.3, -0.25) is 9.79 Å². The first-order valence-electron chi connectivity index (χ1n) is 8.10. The summed E-state index contributed by atoms with van der Waals surface area (Å²) in [4.78, 5) is 19.3. The first kappa shape index (κ1) is 17.2. The molecule has 0 saturated heterocycles. The summed E-state index contributed by atoms with van der Waals surface area (Å²) in [6.45, 7) is 1.78. The van der Waals surface area contributed by atoms with Crippen LogP contribution in [0.4, 0.5) is 5.69 Å². The highest BCUT2D eigenvalue weighted by Crippen LogP contribution is 2.35. The third kappa shape index (κ3) is 3.24. The number of benzene rings is 2. The van der Waals surface area contributed by atoms with Gasteiger partial charge in [0.1, 0.15) is 5.75 Å². The molecule has 0 radical (unpaired) electrons. The van der Waals surface area contributed by atoms with Crippen LogP contribution in [0, 0.1) is 0 Å². The summed E-state index contributed by atoms with van der Waals surface area (Å²) < 4.78 is 5.92. The molecule has 0 spiro atoms. The first-order chi connectivity index (χ1) is 12.7. The molecule has 0 unspecified atom stereocenters. The number of hydrogen-bond donors (Lipinski definition) is 1. The van der Waals surface area contributed by atoms with Crippen LogP contribution in [0.5, 0.6) is 5.75 Å². The standard InChI is InChI=1S/C19H16BrN3O2S/c1-25-14-6-7-16(20)15(10-14)18(24)22-13-4-2-12(3-5-13)17-11-26-19-21-8-9-23(17)19/h2-7,10-11H,8-9H2,1H3,(H,22,24). The van der Waals surface area contributed by atoms with E-state index in [2.05, 4.69) is 36.5 Å². The lowest BCUT2D eigenvalue weighted by Crippen LogP contribution is -2.19. The van der Waals surface area contributed by atoms with E-state index in [1.165, 1.54) is 5.70 Å². The van der Waals surface area contributed by atoms with E-state index in [1.54, 1.807) is 37.1 Å². The number of carbonyl (C=O) groups excluding carboxylic acids is 1. The Morgan fingerprint density at radius 2 is 2.08 bits per heavy atom. The van der Waals surface area contributed by atoms with Crippen molar-refractivity contribution in [3.8, 4) is 5.75 Å². The molecular formula is C19H16BrN3O2S. The Bertz CT molecular complexity index is 925. The Hall–Kier alpha value is -2.25. The molecule has 1 amide bonds. The lowest BCUT2D eigenvalue weighted by atomic mass is 10.1. The average Bonchev–Trinajstić information content (AvgIpc) is 3.26. The van der Waals surface area contributed by atoms with Gasteiger partial charge in [-0.15, -0.1) is 0 Å². The molecule has 7 heteroatoms. The quantitative estimate of drug-likeness (QED) is 0.780. The van der Waals surface area contributed by atoms with Gasteiger partial charge in [-0.2, -0.15) is 0 Å². The molecule has 2 heterocycles. The number of ether oxygens (including phenoxy) is 1. The number of carbonyl (C=O) groups is 1. The predicted molar refractivity (Wildman–Crippen MR) is 110 cm³/mol. The van der Waals surface area contributed by atoms with Gasteiger partial charge in [0.2, 0.25) is 0 Å². The summed E-state index contributed by atoms with van der Waals surface area (Å²) in [6.07, 6.45) is 0. The zero-order valence-corrected chi connectivity index (χ0v) is 16.4. The van der Waals surface area contributed by atoms with Gasteiger partial charge in [0.05, 0.1) is 24.9 Å². The van der Waals surface area contributed by atoms with Gasteiger partial charge in [-0.05, 0) is 51.8 Å². The molecule has 0 aromatic heterocycles. The third-order valence-electron chi connectivity index (χ3n) is 4.23. The van der Waals surface area contributed by atoms with Crippen LogP contribution in [0.1, 0.15) is 15.9 Å².